The van der Waals surface area contributed by atoms with E-state index in [0.717, 1.165) is 12.8 Å². The van der Waals surface area contributed by atoms with Gasteiger partial charge in [-0.3, -0.25) is 0 Å². The molecule has 2 rings (SSSR count). The van der Waals surface area contributed by atoms with Gasteiger partial charge in [0.1, 0.15) is 6.10 Å². The number of rotatable bonds is 4. The van der Waals surface area contributed by atoms with Crippen LogP contribution in [0.1, 0.15) is 32.6 Å². The molecule has 0 bridgehead atoms. The molecule has 0 aromatic rings. The third kappa shape index (κ3) is 2.84. The zero-order valence-electron chi connectivity index (χ0n) is 10.1. The second-order valence-electron chi connectivity index (χ2n) is 4.99. The van der Waals surface area contributed by atoms with E-state index < -0.39 is 0 Å². The lowest BCUT2D eigenvalue weighted by atomic mass is 9.86. The summed E-state index contributed by atoms with van der Waals surface area (Å²) in [6.07, 6.45) is 6.44. The van der Waals surface area contributed by atoms with Gasteiger partial charge >= 0.3 is 0 Å². The average molecular weight is 226 g/mol. The van der Waals surface area contributed by atoms with Crippen molar-refractivity contribution in [3.8, 4) is 0 Å². The molecule has 1 spiro atoms. The van der Waals surface area contributed by atoms with E-state index in [1.54, 1.807) is 6.08 Å². The predicted octanol–water partition coefficient (Wildman–Crippen LogP) is 2.51. The topological polar surface area (TPSA) is 27.7 Å². The van der Waals surface area contributed by atoms with Gasteiger partial charge in [0, 0.05) is 12.8 Å². The highest BCUT2D eigenvalue weighted by Crippen LogP contribution is 2.40. The Morgan fingerprint density at radius 2 is 2.44 bits per heavy atom. The fourth-order valence-electron chi connectivity index (χ4n) is 2.67. The minimum Gasteiger partial charge on any atom is -0.375 e. The van der Waals surface area contributed by atoms with Crippen LogP contribution in [-0.2, 0) is 14.2 Å². The molecular weight excluding hydrogens is 204 g/mol. The van der Waals surface area contributed by atoms with Crippen molar-refractivity contribution < 1.29 is 14.2 Å². The zero-order chi connectivity index (χ0) is 11.4. The summed E-state index contributed by atoms with van der Waals surface area (Å²) in [6.45, 7) is 7.76. The second-order valence-corrected chi connectivity index (χ2v) is 4.99. The standard InChI is InChI=1S/C13H22O3/c1-3-7-14-9-12-10-15-13(16-12)6-4-5-11(2)8-13/h3,11-12H,1,4-10H2,2H3. The Bertz CT molecular complexity index is 241. The summed E-state index contributed by atoms with van der Waals surface area (Å²) in [5, 5.41) is 0. The predicted molar refractivity (Wildman–Crippen MR) is 62.2 cm³/mol. The molecule has 92 valence electrons. The Morgan fingerprint density at radius 3 is 3.19 bits per heavy atom. The maximum Gasteiger partial charge on any atom is 0.169 e. The van der Waals surface area contributed by atoms with Gasteiger partial charge in [0.15, 0.2) is 5.79 Å². The smallest absolute Gasteiger partial charge is 0.169 e. The van der Waals surface area contributed by atoms with Gasteiger partial charge in [-0.2, -0.15) is 0 Å². The van der Waals surface area contributed by atoms with Gasteiger partial charge in [0.2, 0.25) is 0 Å². The van der Waals surface area contributed by atoms with E-state index in [0.29, 0.717) is 25.7 Å². The second kappa shape index (κ2) is 5.30. The van der Waals surface area contributed by atoms with Crippen LogP contribution in [0.15, 0.2) is 12.7 Å². The summed E-state index contributed by atoms with van der Waals surface area (Å²) in [5.74, 6) is 0.418. The van der Waals surface area contributed by atoms with E-state index in [4.69, 9.17) is 14.2 Å². The normalized spacial score (nSPS) is 39.1. The van der Waals surface area contributed by atoms with Crippen LogP contribution >= 0.6 is 0 Å². The van der Waals surface area contributed by atoms with Gasteiger partial charge in [-0.05, 0) is 12.3 Å². The number of hydrogen-bond donors (Lipinski definition) is 0. The van der Waals surface area contributed by atoms with Gasteiger partial charge in [-0.1, -0.05) is 19.4 Å². The summed E-state index contributed by atoms with van der Waals surface area (Å²) in [7, 11) is 0. The zero-order valence-corrected chi connectivity index (χ0v) is 10.1. The van der Waals surface area contributed by atoms with E-state index >= 15 is 0 Å². The summed E-state index contributed by atoms with van der Waals surface area (Å²) < 4.78 is 17.3. The molecule has 16 heavy (non-hydrogen) atoms. The Hall–Kier alpha value is -0.380. The molecule has 0 radical (unpaired) electrons. The van der Waals surface area contributed by atoms with Crippen LogP contribution in [-0.4, -0.2) is 31.7 Å². The van der Waals surface area contributed by atoms with Crippen molar-refractivity contribution in [1.29, 1.82) is 0 Å². The molecule has 3 atom stereocenters. The van der Waals surface area contributed by atoms with Gasteiger partial charge in [0.05, 0.1) is 19.8 Å². The Morgan fingerprint density at radius 1 is 1.56 bits per heavy atom. The largest absolute Gasteiger partial charge is 0.375 e. The van der Waals surface area contributed by atoms with Crippen molar-refractivity contribution >= 4 is 0 Å². The van der Waals surface area contributed by atoms with E-state index in [1.807, 2.05) is 0 Å². The van der Waals surface area contributed by atoms with Crippen molar-refractivity contribution in [2.45, 2.75) is 44.5 Å². The third-order valence-corrected chi connectivity index (χ3v) is 3.37. The molecule has 1 aliphatic carbocycles. The molecule has 0 aromatic carbocycles. The van der Waals surface area contributed by atoms with Gasteiger partial charge < -0.3 is 14.2 Å². The van der Waals surface area contributed by atoms with E-state index in [-0.39, 0.29) is 11.9 Å². The van der Waals surface area contributed by atoms with E-state index in [1.165, 1.54) is 12.8 Å². The van der Waals surface area contributed by atoms with Crippen LogP contribution < -0.4 is 0 Å². The highest BCUT2D eigenvalue weighted by molar-refractivity contribution is 4.84. The van der Waals surface area contributed by atoms with Crippen LogP contribution in [0.4, 0.5) is 0 Å². The monoisotopic (exact) mass is 226 g/mol. The van der Waals surface area contributed by atoms with Crippen LogP contribution in [0.3, 0.4) is 0 Å². The SMILES string of the molecule is C=CCOCC1COC2(CCCC(C)C2)O1. The first kappa shape index (κ1) is 12.1. The van der Waals surface area contributed by atoms with Gasteiger partial charge in [-0.25, -0.2) is 0 Å². The average Bonchev–Trinajstić information content (AvgIpc) is 2.62. The van der Waals surface area contributed by atoms with Crippen molar-refractivity contribution in [3.63, 3.8) is 0 Å². The summed E-state index contributed by atoms with van der Waals surface area (Å²) >= 11 is 0. The van der Waals surface area contributed by atoms with Crippen molar-refractivity contribution in [3.05, 3.63) is 12.7 Å². The van der Waals surface area contributed by atoms with Crippen molar-refractivity contribution in [2.75, 3.05) is 19.8 Å². The molecule has 2 aliphatic rings. The minimum atomic E-state index is -0.292. The molecule has 0 N–H and O–H groups in total. The first-order chi connectivity index (χ1) is 7.74. The fraction of sp³-hybridized carbons (Fsp3) is 0.846. The lowest BCUT2D eigenvalue weighted by Crippen LogP contribution is -2.36. The molecule has 2 fully saturated rings. The van der Waals surface area contributed by atoms with Crippen LogP contribution in [0.2, 0.25) is 0 Å². The first-order valence-electron chi connectivity index (χ1n) is 6.24. The van der Waals surface area contributed by atoms with E-state index in [2.05, 4.69) is 13.5 Å². The molecule has 1 saturated heterocycles. The third-order valence-electron chi connectivity index (χ3n) is 3.37. The Labute approximate surface area is 97.8 Å². The van der Waals surface area contributed by atoms with Crippen LogP contribution in [0.25, 0.3) is 0 Å². The molecule has 0 amide bonds. The fourth-order valence-corrected chi connectivity index (χ4v) is 2.67. The quantitative estimate of drug-likeness (QED) is 0.544. The summed E-state index contributed by atoms with van der Waals surface area (Å²) in [4.78, 5) is 0. The van der Waals surface area contributed by atoms with Crippen LogP contribution in [0.5, 0.6) is 0 Å². The molecule has 1 heterocycles. The molecule has 1 saturated carbocycles. The number of hydrogen-bond acceptors (Lipinski definition) is 3. The molecule has 0 aromatic heterocycles. The van der Waals surface area contributed by atoms with Gasteiger partial charge in [0.25, 0.3) is 0 Å². The molecule has 1 aliphatic heterocycles. The summed E-state index contributed by atoms with van der Waals surface area (Å²) in [6, 6.07) is 0. The number of ether oxygens (including phenoxy) is 3. The van der Waals surface area contributed by atoms with Crippen LogP contribution in [0, 0.1) is 5.92 Å². The maximum absolute atomic E-state index is 6.03. The minimum absolute atomic E-state index is 0.102. The Balaban J connectivity index is 1.79. The van der Waals surface area contributed by atoms with Gasteiger partial charge in [-0.15, -0.1) is 6.58 Å². The maximum atomic E-state index is 6.03. The van der Waals surface area contributed by atoms with Crippen molar-refractivity contribution in [1.82, 2.24) is 0 Å². The summed E-state index contributed by atoms with van der Waals surface area (Å²) in [5.41, 5.74) is 0. The molecular formula is C13H22O3. The highest BCUT2D eigenvalue weighted by Gasteiger charge is 2.43. The lowest BCUT2D eigenvalue weighted by Gasteiger charge is -2.35. The molecule has 3 nitrogen and oxygen atoms in total. The molecule has 3 unspecified atom stereocenters. The molecule has 3 heteroatoms. The lowest BCUT2D eigenvalue weighted by molar-refractivity contribution is -0.199. The highest BCUT2D eigenvalue weighted by atomic mass is 16.7. The van der Waals surface area contributed by atoms with Crippen molar-refractivity contribution in [2.24, 2.45) is 5.92 Å². The Kier molecular flexibility index (Phi) is 4.00. The van der Waals surface area contributed by atoms with E-state index in [9.17, 15) is 0 Å². The first-order valence-corrected chi connectivity index (χ1v) is 6.24.